The maximum absolute atomic E-state index is 10.9. The van der Waals surface area contributed by atoms with Gasteiger partial charge in [-0.1, -0.05) is 0 Å². The first-order valence-electron chi connectivity index (χ1n) is 7.50. The van der Waals surface area contributed by atoms with Crippen LogP contribution >= 0.6 is 0 Å². The highest BCUT2D eigenvalue weighted by Crippen LogP contribution is 2.24. The maximum Gasteiger partial charge on any atom is 0.272 e. The Morgan fingerprint density at radius 2 is 2.35 bits per heavy atom. The van der Waals surface area contributed by atoms with Crippen molar-refractivity contribution < 1.29 is 9.66 Å². The van der Waals surface area contributed by atoms with Gasteiger partial charge in [0.2, 0.25) is 0 Å². The number of hydrogen-bond acceptors (Lipinski definition) is 6. The van der Waals surface area contributed by atoms with Gasteiger partial charge in [-0.25, -0.2) is 9.67 Å². The summed E-state index contributed by atoms with van der Waals surface area (Å²) >= 11 is 0. The van der Waals surface area contributed by atoms with Gasteiger partial charge in [-0.2, -0.15) is 5.10 Å². The smallest absolute Gasteiger partial charge is 0.272 e. The summed E-state index contributed by atoms with van der Waals surface area (Å²) in [6, 6.07) is 5.32. The van der Waals surface area contributed by atoms with Crippen molar-refractivity contribution in [3.63, 3.8) is 0 Å². The third kappa shape index (κ3) is 3.31. The average molecular weight is 317 g/mol. The van der Waals surface area contributed by atoms with Gasteiger partial charge in [0, 0.05) is 36.9 Å². The third-order valence-electron chi connectivity index (χ3n) is 3.94. The van der Waals surface area contributed by atoms with Crippen molar-refractivity contribution >= 4 is 11.4 Å². The molecule has 0 saturated carbocycles. The largest absolute Gasteiger partial charge is 0.380 e. The lowest BCUT2D eigenvalue weighted by Gasteiger charge is -2.24. The van der Waals surface area contributed by atoms with Crippen molar-refractivity contribution in [2.45, 2.75) is 39.0 Å². The quantitative estimate of drug-likeness (QED) is 0.670. The van der Waals surface area contributed by atoms with Crippen LogP contribution in [-0.2, 0) is 24.3 Å². The molecule has 122 valence electrons. The van der Waals surface area contributed by atoms with E-state index in [1.807, 2.05) is 10.7 Å². The second-order valence-electron chi connectivity index (χ2n) is 5.70. The summed E-state index contributed by atoms with van der Waals surface area (Å²) in [6.07, 6.45) is 1.79. The van der Waals surface area contributed by atoms with Crippen molar-refractivity contribution in [1.29, 1.82) is 0 Å². The number of aryl methyl sites for hydroxylation is 2. The molecule has 0 fully saturated rings. The third-order valence-corrected chi connectivity index (χ3v) is 3.94. The zero-order valence-electron chi connectivity index (χ0n) is 13.2. The molecule has 1 aliphatic rings. The van der Waals surface area contributed by atoms with E-state index in [1.165, 1.54) is 6.07 Å². The van der Waals surface area contributed by atoms with Gasteiger partial charge in [0.25, 0.3) is 5.69 Å². The molecule has 23 heavy (non-hydrogen) atoms. The molecule has 8 nitrogen and oxygen atoms in total. The lowest BCUT2D eigenvalue weighted by Crippen LogP contribution is -2.32. The normalized spacial score (nSPS) is 16.9. The summed E-state index contributed by atoms with van der Waals surface area (Å²) < 4.78 is 6.97. The number of aromatic nitrogens is 3. The van der Waals surface area contributed by atoms with E-state index in [0.29, 0.717) is 18.0 Å². The fourth-order valence-corrected chi connectivity index (χ4v) is 2.85. The van der Waals surface area contributed by atoms with Crippen molar-refractivity contribution in [3.05, 3.63) is 45.5 Å². The fraction of sp³-hybridized carbons (Fsp3) is 0.467. The highest BCUT2D eigenvalue weighted by Gasteiger charge is 2.22. The number of rotatable bonds is 5. The number of fused-ring (bicyclic) bond motifs is 1. The SMILES string of the molecule is COCc1nc2n(n1)CC(Nc1ccc([N+](=O)[O-])c(C)c1)CC2. The van der Waals surface area contributed by atoms with E-state index in [1.54, 1.807) is 20.1 Å². The van der Waals surface area contributed by atoms with Crippen molar-refractivity contribution in [3.8, 4) is 0 Å². The lowest BCUT2D eigenvalue weighted by molar-refractivity contribution is -0.385. The Balaban J connectivity index is 1.69. The van der Waals surface area contributed by atoms with Crippen molar-refractivity contribution in [1.82, 2.24) is 14.8 Å². The summed E-state index contributed by atoms with van der Waals surface area (Å²) in [5.74, 6) is 1.68. The molecule has 1 atom stereocenters. The van der Waals surface area contributed by atoms with Gasteiger partial charge in [0.15, 0.2) is 5.82 Å². The molecular formula is C15H19N5O3. The van der Waals surface area contributed by atoms with Gasteiger partial charge < -0.3 is 10.1 Å². The van der Waals surface area contributed by atoms with E-state index >= 15 is 0 Å². The summed E-state index contributed by atoms with van der Waals surface area (Å²) in [4.78, 5) is 15.0. The zero-order valence-corrected chi connectivity index (χ0v) is 13.2. The predicted molar refractivity (Wildman–Crippen MR) is 84.3 cm³/mol. The van der Waals surface area contributed by atoms with E-state index in [4.69, 9.17) is 4.74 Å². The van der Waals surface area contributed by atoms with Crippen molar-refractivity contribution in [2.24, 2.45) is 0 Å². The van der Waals surface area contributed by atoms with E-state index < -0.39 is 0 Å². The zero-order chi connectivity index (χ0) is 16.4. The number of nitro benzene ring substituents is 1. The molecular weight excluding hydrogens is 298 g/mol. The topological polar surface area (TPSA) is 95.1 Å². The minimum Gasteiger partial charge on any atom is -0.380 e. The van der Waals surface area contributed by atoms with Crippen LogP contribution in [0, 0.1) is 17.0 Å². The number of anilines is 1. The first-order valence-corrected chi connectivity index (χ1v) is 7.50. The van der Waals surface area contributed by atoms with Gasteiger partial charge >= 0.3 is 0 Å². The minimum atomic E-state index is -0.362. The number of ether oxygens (including phenoxy) is 1. The van der Waals surface area contributed by atoms with Crippen LogP contribution in [0.4, 0.5) is 11.4 Å². The number of benzene rings is 1. The Morgan fingerprint density at radius 1 is 1.52 bits per heavy atom. The monoisotopic (exact) mass is 317 g/mol. The molecule has 1 aromatic carbocycles. The summed E-state index contributed by atoms with van der Waals surface area (Å²) in [5, 5.41) is 18.7. The number of methoxy groups -OCH3 is 1. The fourth-order valence-electron chi connectivity index (χ4n) is 2.85. The molecule has 2 heterocycles. The number of nitrogens with zero attached hydrogens (tertiary/aromatic N) is 4. The molecule has 0 aliphatic carbocycles. The molecule has 0 radical (unpaired) electrons. The summed E-state index contributed by atoms with van der Waals surface area (Å²) in [6.45, 7) is 2.89. The first-order chi connectivity index (χ1) is 11.1. The highest BCUT2D eigenvalue weighted by atomic mass is 16.6. The highest BCUT2D eigenvalue weighted by molar-refractivity contribution is 5.54. The van der Waals surface area contributed by atoms with Gasteiger partial charge in [0.05, 0.1) is 11.5 Å². The Labute approximate surface area is 133 Å². The van der Waals surface area contributed by atoms with Crippen LogP contribution in [0.1, 0.15) is 23.6 Å². The van der Waals surface area contributed by atoms with E-state index in [0.717, 1.165) is 30.9 Å². The van der Waals surface area contributed by atoms with Gasteiger partial charge in [-0.15, -0.1) is 0 Å². The molecule has 1 aliphatic heterocycles. The molecule has 0 amide bonds. The summed E-state index contributed by atoms with van der Waals surface area (Å²) in [7, 11) is 1.63. The Kier molecular flexibility index (Phi) is 4.24. The van der Waals surface area contributed by atoms with Crippen LogP contribution in [-0.4, -0.2) is 32.8 Å². The molecule has 1 N–H and O–H groups in total. The van der Waals surface area contributed by atoms with Gasteiger partial charge in [-0.05, 0) is 25.5 Å². The van der Waals surface area contributed by atoms with Crippen LogP contribution < -0.4 is 5.32 Å². The van der Waals surface area contributed by atoms with Crippen LogP contribution in [0.2, 0.25) is 0 Å². The Hall–Kier alpha value is -2.48. The van der Waals surface area contributed by atoms with Crippen molar-refractivity contribution in [2.75, 3.05) is 12.4 Å². The number of nitro groups is 1. The van der Waals surface area contributed by atoms with Crippen LogP contribution in [0.15, 0.2) is 18.2 Å². The second-order valence-corrected chi connectivity index (χ2v) is 5.70. The molecule has 0 bridgehead atoms. The van der Waals surface area contributed by atoms with Gasteiger partial charge in [-0.3, -0.25) is 10.1 Å². The molecule has 2 aromatic rings. The average Bonchev–Trinajstić information content (AvgIpc) is 2.89. The van der Waals surface area contributed by atoms with Crippen LogP contribution in [0.25, 0.3) is 0 Å². The molecule has 1 aromatic heterocycles. The van der Waals surface area contributed by atoms with Gasteiger partial charge in [0.1, 0.15) is 12.4 Å². The first kappa shape index (κ1) is 15.4. The molecule has 0 saturated heterocycles. The lowest BCUT2D eigenvalue weighted by atomic mass is 10.1. The Morgan fingerprint density at radius 3 is 3.04 bits per heavy atom. The van der Waals surface area contributed by atoms with E-state index in [9.17, 15) is 10.1 Å². The number of hydrogen-bond donors (Lipinski definition) is 1. The minimum absolute atomic E-state index is 0.141. The van der Waals surface area contributed by atoms with Crippen LogP contribution in [0.3, 0.4) is 0 Å². The van der Waals surface area contributed by atoms with Crippen LogP contribution in [0.5, 0.6) is 0 Å². The van der Waals surface area contributed by atoms with E-state index in [-0.39, 0.29) is 16.7 Å². The Bertz CT molecular complexity index is 728. The number of nitrogens with one attached hydrogen (secondary N) is 1. The summed E-state index contributed by atoms with van der Waals surface area (Å²) in [5.41, 5.74) is 1.68. The second kappa shape index (κ2) is 6.33. The predicted octanol–water partition coefficient (Wildman–Crippen LogP) is 2.07. The molecule has 1 unspecified atom stereocenters. The molecule has 8 heteroatoms. The molecule has 0 spiro atoms. The standard InChI is InChI=1S/C15H19N5O3/c1-10-7-11(3-5-13(10)20(21)22)16-12-4-6-15-17-14(9-23-2)18-19(15)8-12/h3,5,7,12,16H,4,6,8-9H2,1-2H3. The molecule has 3 rings (SSSR count). The maximum atomic E-state index is 10.9. The van der Waals surface area contributed by atoms with E-state index in [2.05, 4.69) is 15.4 Å².